The summed E-state index contributed by atoms with van der Waals surface area (Å²) < 4.78 is 0. The minimum atomic E-state index is -0.879. The lowest BCUT2D eigenvalue weighted by atomic mass is 9.85. The van der Waals surface area contributed by atoms with Crippen LogP contribution in [0, 0.1) is 0 Å². The largest absolute Gasteiger partial charge is 0.478 e. The second kappa shape index (κ2) is 9.42. The Morgan fingerprint density at radius 3 is 2.17 bits per heavy atom. The average molecular weight is 350 g/mol. The van der Waals surface area contributed by atoms with Crippen LogP contribution in [0.25, 0.3) is 0 Å². The lowest BCUT2D eigenvalue weighted by Crippen LogP contribution is -2.35. The van der Waals surface area contributed by atoms with Gasteiger partial charge in [0.05, 0.1) is 17.7 Å². The highest BCUT2D eigenvalue weighted by Crippen LogP contribution is 2.32. The van der Waals surface area contributed by atoms with E-state index in [1.807, 2.05) is 20.2 Å². The molecular formula is C19H24ClNO3. The van der Waals surface area contributed by atoms with Crippen LogP contribution in [0.5, 0.6) is 0 Å². The Morgan fingerprint density at radius 2 is 1.62 bits per heavy atom. The fraction of sp³-hybridized carbons (Fsp3) is 0.316. The quantitative estimate of drug-likeness (QED) is 0.872. The normalized spacial score (nSPS) is 18.7. The number of carboxylic acid groups (broad SMARTS) is 1. The van der Waals surface area contributed by atoms with Crippen LogP contribution < -0.4 is 0 Å². The number of hydrogen-bond donors (Lipinski definition) is 2. The van der Waals surface area contributed by atoms with Gasteiger partial charge in [0, 0.05) is 0 Å². The van der Waals surface area contributed by atoms with Gasteiger partial charge in [-0.15, -0.1) is 12.4 Å². The molecule has 0 radical (unpaired) electrons. The Kier molecular flexibility index (Phi) is 7.92. The van der Waals surface area contributed by atoms with Gasteiger partial charge in [0.25, 0.3) is 0 Å². The maximum absolute atomic E-state index is 10.2. The smallest absolute Gasteiger partial charge is 0.335 e. The van der Waals surface area contributed by atoms with Crippen LogP contribution in [0.1, 0.15) is 33.9 Å². The maximum atomic E-state index is 10.2. The number of aromatic carboxylic acids is 1. The molecule has 0 spiro atoms. The van der Waals surface area contributed by atoms with Gasteiger partial charge in [-0.1, -0.05) is 42.5 Å². The monoisotopic (exact) mass is 349 g/mol. The number of carboxylic acids is 1. The summed E-state index contributed by atoms with van der Waals surface area (Å²) in [4.78, 5) is 12.3. The first-order valence-electron chi connectivity index (χ1n) is 7.71. The molecule has 2 aromatic rings. The fourth-order valence-corrected chi connectivity index (χ4v) is 2.92. The predicted octanol–water partition coefficient (Wildman–Crippen LogP) is 3.40. The van der Waals surface area contributed by atoms with Gasteiger partial charge in [0.1, 0.15) is 0 Å². The summed E-state index contributed by atoms with van der Waals surface area (Å²) in [5.74, 6) is -0.879. The van der Waals surface area contributed by atoms with Crippen LogP contribution >= 0.6 is 12.4 Å². The summed E-state index contributed by atoms with van der Waals surface area (Å²) in [6, 6.07) is 16.9. The highest BCUT2D eigenvalue weighted by molar-refractivity contribution is 5.87. The van der Waals surface area contributed by atoms with E-state index in [-0.39, 0.29) is 24.6 Å². The fourth-order valence-electron chi connectivity index (χ4n) is 2.92. The van der Waals surface area contributed by atoms with Crippen molar-refractivity contribution >= 4 is 18.4 Å². The molecule has 0 amide bonds. The van der Waals surface area contributed by atoms with Crippen molar-refractivity contribution in [2.75, 3.05) is 14.1 Å². The number of rotatable bonds is 2. The third-order valence-corrected chi connectivity index (χ3v) is 4.02. The number of carbonyl (C=O) groups is 1. The van der Waals surface area contributed by atoms with Gasteiger partial charge in [-0.25, -0.2) is 4.79 Å². The van der Waals surface area contributed by atoms with Crippen LogP contribution in [-0.2, 0) is 6.42 Å². The minimum Gasteiger partial charge on any atom is -0.478 e. The molecule has 0 fully saturated rings. The van der Waals surface area contributed by atoms with E-state index in [2.05, 4.69) is 23.1 Å². The average Bonchev–Trinajstić information content (AvgIpc) is 2.55. The summed E-state index contributed by atoms with van der Waals surface area (Å²) in [6.07, 6.45) is 1.65. The second-order valence-corrected chi connectivity index (χ2v) is 5.88. The van der Waals surface area contributed by atoms with Gasteiger partial charge >= 0.3 is 5.97 Å². The standard InChI is InChI=1S/C12H17NO.C7H6O2.ClH/c1-13(2)12-10-6-4-3-5-9(10)7-8-11(12)14;8-7(9)6-4-2-1-3-5-6;/h3-6,11-12,14H,7-8H2,1-2H3;1-5H,(H,8,9);1H. The number of aryl methyl sites for hydroxylation is 1. The summed E-state index contributed by atoms with van der Waals surface area (Å²) in [6.45, 7) is 0. The Labute approximate surface area is 149 Å². The van der Waals surface area contributed by atoms with Gasteiger partial charge in [-0.2, -0.15) is 0 Å². The van der Waals surface area contributed by atoms with Gasteiger partial charge in [0.2, 0.25) is 0 Å². The van der Waals surface area contributed by atoms with Crippen molar-refractivity contribution < 1.29 is 15.0 Å². The number of nitrogens with zero attached hydrogens (tertiary/aromatic N) is 1. The van der Waals surface area contributed by atoms with E-state index in [1.165, 1.54) is 11.1 Å². The molecule has 0 aromatic heterocycles. The van der Waals surface area contributed by atoms with E-state index in [0.717, 1.165) is 12.8 Å². The van der Waals surface area contributed by atoms with E-state index in [1.54, 1.807) is 30.3 Å². The van der Waals surface area contributed by atoms with Gasteiger partial charge in [0.15, 0.2) is 0 Å². The molecule has 2 atom stereocenters. The Balaban J connectivity index is 0.000000252. The van der Waals surface area contributed by atoms with Crippen molar-refractivity contribution in [3.63, 3.8) is 0 Å². The van der Waals surface area contributed by atoms with Crippen LogP contribution in [0.15, 0.2) is 54.6 Å². The molecule has 2 aromatic carbocycles. The van der Waals surface area contributed by atoms with E-state index >= 15 is 0 Å². The molecule has 0 aliphatic heterocycles. The zero-order chi connectivity index (χ0) is 16.8. The van der Waals surface area contributed by atoms with Gasteiger partial charge < -0.3 is 15.1 Å². The van der Waals surface area contributed by atoms with Crippen molar-refractivity contribution in [2.45, 2.75) is 25.0 Å². The Hall–Kier alpha value is -1.88. The molecule has 2 unspecified atom stereocenters. The Morgan fingerprint density at radius 1 is 1.04 bits per heavy atom. The molecule has 2 N–H and O–H groups in total. The molecule has 1 aliphatic carbocycles. The molecule has 24 heavy (non-hydrogen) atoms. The van der Waals surface area contributed by atoms with E-state index in [9.17, 15) is 9.90 Å². The SMILES string of the molecule is CN(C)C1c2ccccc2CCC1O.Cl.O=C(O)c1ccccc1. The van der Waals surface area contributed by atoms with Crippen LogP contribution in [0.3, 0.4) is 0 Å². The zero-order valence-electron chi connectivity index (χ0n) is 13.9. The third kappa shape index (κ3) is 5.06. The number of hydrogen-bond acceptors (Lipinski definition) is 3. The maximum Gasteiger partial charge on any atom is 0.335 e. The third-order valence-electron chi connectivity index (χ3n) is 4.02. The summed E-state index contributed by atoms with van der Waals surface area (Å²) >= 11 is 0. The number of aliphatic hydroxyl groups excluding tert-OH is 1. The molecule has 4 nitrogen and oxygen atoms in total. The molecule has 0 heterocycles. The predicted molar refractivity (Wildman–Crippen MR) is 97.8 cm³/mol. The van der Waals surface area contributed by atoms with Crippen molar-refractivity contribution in [3.05, 3.63) is 71.3 Å². The summed E-state index contributed by atoms with van der Waals surface area (Å²) in [5, 5.41) is 18.3. The number of likely N-dealkylation sites (N-methyl/N-ethyl adjacent to an activating group) is 1. The number of aliphatic hydroxyl groups is 1. The van der Waals surface area contributed by atoms with Crippen molar-refractivity contribution in [2.24, 2.45) is 0 Å². The molecule has 1 aliphatic rings. The molecule has 130 valence electrons. The summed E-state index contributed by atoms with van der Waals surface area (Å²) in [5.41, 5.74) is 3.00. The number of halogens is 1. The number of benzene rings is 2. The van der Waals surface area contributed by atoms with E-state index in [0.29, 0.717) is 5.56 Å². The minimum absolute atomic E-state index is 0. The van der Waals surface area contributed by atoms with Crippen molar-refractivity contribution in [3.8, 4) is 0 Å². The van der Waals surface area contributed by atoms with Crippen molar-refractivity contribution in [1.82, 2.24) is 4.90 Å². The lowest BCUT2D eigenvalue weighted by molar-refractivity contribution is 0.0613. The molecule has 0 bridgehead atoms. The topological polar surface area (TPSA) is 60.8 Å². The Bertz CT molecular complexity index is 646. The lowest BCUT2D eigenvalue weighted by Gasteiger charge is -2.34. The first-order valence-corrected chi connectivity index (χ1v) is 7.71. The highest BCUT2D eigenvalue weighted by atomic mass is 35.5. The molecule has 3 rings (SSSR count). The first kappa shape index (κ1) is 20.2. The molecule has 0 saturated heterocycles. The van der Waals surface area contributed by atoms with Crippen molar-refractivity contribution in [1.29, 1.82) is 0 Å². The zero-order valence-corrected chi connectivity index (χ0v) is 14.7. The summed E-state index contributed by atoms with van der Waals surface area (Å²) in [7, 11) is 4.05. The van der Waals surface area contributed by atoms with Crippen LogP contribution in [0.2, 0.25) is 0 Å². The highest BCUT2D eigenvalue weighted by Gasteiger charge is 2.28. The van der Waals surface area contributed by atoms with E-state index < -0.39 is 5.97 Å². The molecule has 5 heteroatoms. The van der Waals surface area contributed by atoms with Gasteiger partial charge in [-0.05, 0) is 50.2 Å². The number of fused-ring (bicyclic) bond motifs is 1. The second-order valence-electron chi connectivity index (χ2n) is 5.88. The van der Waals surface area contributed by atoms with Crippen LogP contribution in [0.4, 0.5) is 0 Å². The molecule has 0 saturated carbocycles. The van der Waals surface area contributed by atoms with Crippen LogP contribution in [-0.4, -0.2) is 41.3 Å². The van der Waals surface area contributed by atoms with Gasteiger partial charge in [-0.3, -0.25) is 0 Å². The molecular weight excluding hydrogens is 326 g/mol. The first-order chi connectivity index (χ1) is 11.0. The van der Waals surface area contributed by atoms with E-state index in [4.69, 9.17) is 5.11 Å².